The van der Waals surface area contributed by atoms with E-state index >= 15 is 0 Å². The number of hydrogen-bond acceptors (Lipinski definition) is 3. The van der Waals surface area contributed by atoms with Crippen molar-refractivity contribution in [3.8, 4) is 0 Å². The van der Waals surface area contributed by atoms with Gasteiger partial charge in [-0.3, -0.25) is 4.90 Å². The Balaban J connectivity index is 1.76. The van der Waals surface area contributed by atoms with E-state index in [-0.39, 0.29) is 6.61 Å². The highest BCUT2D eigenvalue weighted by atomic mass is 35.5. The van der Waals surface area contributed by atoms with Gasteiger partial charge in [0.1, 0.15) is 5.15 Å². The van der Waals surface area contributed by atoms with Crippen molar-refractivity contribution >= 4 is 11.6 Å². The lowest BCUT2D eigenvalue weighted by atomic mass is 9.99. The maximum Gasteiger partial charge on any atom is 0.132 e. The zero-order valence-corrected chi connectivity index (χ0v) is 15.0. The molecule has 0 aliphatic carbocycles. The monoisotopic (exact) mass is 347 g/mol. The van der Waals surface area contributed by atoms with Gasteiger partial charge in [0.05, 0.1) is 12.2 Å². The molecule has 1 aliphatic rings. The molecule has 1 aromatic carbocycles. The smallest absolute Gasteiger partial charge is 0.132 e. The van der Waals surface area contributed by atoms with Crippen LogP contribution in [0.25, 0.3) is 0 Å². The van der Waals surface area contributed by atoms with Crippen molar-refractivity contribution < 1.29 is 5.11 Å². The first-order valence-corrected chi connectivity index (χ1v) is 9.17. The van der Waals surface area contributed by atoms with Crippen molar-refractivity contribution in [3.05, 3.63) is 52.3 Å². The van der Waals surface area contributed by atoms with Gasteiger partial charge in [-0.25, -0.2) is 4.68 Å². The summed E-state index contributed by atoms with van der Waals surface area (Å²) in [4.78, 5) is 2.46. The third-order valence-electron chi connectivity index (χ3n) is 4.93. The number of rotatable bonds is 6. The Hall–Kier alpha value is -1.36. The number of halogens is 1. The van der Waals surface area contributed by atoms with Crippen LogP contribution in [0.15, 0.2) is 30.3 Å². The summed E-state index contributed by atoms with van der Waals surface area (Å²) in [6.45, 7) is 4.88. The minimum Gasteiger partial charge on any atom is -0.396 e. The molecule has 5 heteroatoms. The van der Waals surface area contributed by atoms with Gasteiger partial charge in [0.25, 0.3) is 0 Å². The van der Waals surface area contributed by atoms with Crippen molar-refractivity contribution in [1.29, 1.82) is 0 Å². The lowest BCUT2D eigenvalue weighted by molar-refractivity contribution is 0.112. The average Bonchev–Trinajstić information content (AvgIpc) is 2.85. The average molecular weight is 348 g/mol. The number of aliphatic hydroxyl groups excluding tert-OH is 1. The third kappa shape index (κ3) is 4.00. The van der Waals surface area contributed by atoms with E-state index < -0.39 is 0 Å². The zero-order valence-electron chi connectivity index (χ0n) is 14.3. The summed E-state index contributed by atoms with van der Waals surface area (Å²) in [6, 6.07) is 10.7. The summed E-state index contributed by atoms with van der Waals surface area (Å²) in [6.07, 6.45) is 4.47. The van der Waals surface area contributed by atoms with Gasteiger partial charge in [-0.15, -0.1) is 0 Å². The highest BCUT2D eigenvalue weighted by Gasteiger charge is 2.24. The first-order chi connectivity index (χ1) is 11.7. The number of hydrogen-bond donors (Lipinski definition) is 1. The lowest BCUT2D eigenvalue weighted by Gasteiger charge is -2.35. The molecule has 4 nitrogen and oxygen atoms in total. The molecule has 1 atom stereocenters. The maximum absolute atomic E-state index is 9.31. The molecule has 3 rings (SSSR count). The van der Waals surface area contributed by atoms with E-state index in [0.717, 1.165) is 42.3 Å². The summed E-state index contributed by atoms with van der Waals surface area (Å²) in [7, 11) is 0. The molecule has 2 heterocycles. The fourth-order valence-electron chi connectivity index (χ4n) is 3.58. The Morgan fingerprint density at radius 1 is 1.21 bits per heavy atom. The molecule has 1 aliphatic heterocycles. The van der Waals surface area contributed by atoms with Crippen LogP contribution in [0.4, 0.5) is 0 Å². The Bertz CT molecular complexity index is 654. The van der Waals surface area contributed by atoms with Gasteiger partial charge in [0, 0.05) is 24.8 Å². The van der Waals surface area contributed by atoms with Gasteiger partial charge >= 0.3 is 0 Å². The van der Waals surface area contributed by atoms with E-state index in [1.54, 1.807) is 0 Å². The van der Waals surface area contributed by atoms with Crippen LogP contribution in [0.1, 0.15) is 42.5 Å². The molecule has 0 saturated carbocycles. The van der Waals surface area contributed by atoms with Crippen LogP contribution in [0.2, 0.25) is 5.15 Å². The SMILES string of the molecule is Cc1nn(Cc2ccccc2)c(Cl)c1CN1CCCCC1CCO. The second kappa shape index (κ2) is 8.15. The summed E-state index contributed by atoms with van der Waals surface area (Å²) < 4.78 is 1.90. The molecule has 1 N–H and O–H groups in total. The standard InChI is InChI=1S/C19H26ClN3O/c1-15-18(14-22-11-6-5-9-17(22)10-12-24)19(20)23(21-15)13-16-7-3-2-4-8-16/h2-4,7-8,17,24H,5-6,9-14H2,1H3. The zero-order chi connectivity index (χ0) is 16.9. The molecular formula is C19H26ClN3O. The molecule has 1 aromatic heterocycles. The van der Waals surface area contributed by atoms with E-state index in [4.69, 9.17) is 11.6 Å². The molecule has 0 radical (unpaired) electrons. The van der Waals surface area contributed by atoms with Crippen molar-refractivity contribution in [3.63, 3.8) is 0 Å². The number of aryl methyl sites for hydroxylation is 1. The van der Waals surface area contributed by atoms with Gasteiger partial charge in [0.15, 0.2) is 0 Å². The van der Waals surface area contributed by atoms with Crippen LogP contribution in [0, 0.1) is 6.92 Å². The first-order valence-electron chi connectivity index (χ1n) is 8.79. The molecule has 130 valence electrons. The fourth-order valence-corrected chi connectivity index (χ4v) is 3.87. The molecular weight excluding hydrogens is 322 g/mol. The van der Waals surface area contributed by atoms with Crippen molar-refractivity contribution in [2.24, 2.45) is 0 Å². The molecule has 24 heavy (non-hydrogen) atoms. The molecule has 1 fully saturated rings. The first kappa shape index (κ1) is 17.5. The number of aliphatic hydroxyl groups is 1. The number of piperidine rings is 1. The molecule has 2 aromatic rings. The number of likely N-dealkylation sites (tertiary alicyclic amines) is 1. The minimum absolute atomic E-state index is 0.251. The van der Waals surface area contributed by atoms with Gasteiger partial charge in [-0.1, -0.05) is 48.4 Å². The molecule has 1 unspecified atom stereocenters. The van der Waals surface area contributed by atoms with Gasteiger partial charge in [-0.05, 0) is 38.3 Å². The number of aromatic nitrogens is 2. The van der Waals surface area contributed by atoms with Crippen LogP contribution < -0.4 is 0 Å². The van der Waals surface area contributed by atoms with Crippen molar-refractivity contribution in [2.45, 2.75) is 51.7 Å². The Kier molecular flexibility index (Phi) is 5.93. The van der Waals surface area contributed by atoms with Crippen LogP contribution >= 0.6 is 11.6 Å². The van der Waals surface area contributed by atoms with Gasteiger partial charge in [-0.2, -0.15) is 5.10 Å². The lowest BCUT2D eigenvalue weighted by Crippen LogP contribution is -2.39. The summed E-state index contributed by atoms with van der Waals surface area (Å²) in [5.41, 5.74) is 3.33. The van der Waals surface area contributed by atoms with Gasteiger partial charge < -0.3 is 5.11 Å². The van der Waals surface area contributed by atoms with Crippen LogP contribution in [0.3, 0.4) is 0 Å². The summed E-state index contributed by atoms with van der Waals surface area (Å²) in [5, 5.41) is 14.7. The quantitative estimate of drug-likeness (QED) is 0.867. The Labute approximate surface area is 149 Å². The highest BCUT2D eigenvalue weighted by molar-refractivity contribution is 6.30. The largest absolute Gasteiger partial charge is 0.396 e. The molecule has 1 saturated heterocycles. The number of benzene rings is 1. The third-order valence-corrected chi connectivity index (χ3v) is 5.35. The summed E-state index contributed by atoms with van der Waals surface area (Å²) >= 11 is 6.65. The predicted octanol–water partition coefficient (Wildman–Crippen LogP) is 3.63. The van der Waals surface area contributed by atoms with Crippen LogP contribution in [-0.2, 0) is 13.1 Å². The predicted molar refractivity (Wildman–Crippen MR) is 97.3 cm³/mol. The fraction of sp³-hybridized carbons (Fsp3) is 0.526. The van der Waals surface area contributed by atoms with E-state index in [1.165, 1.54) is 18.4 Å². The Morgan fingerprint density at radius 3 is 2.75 bits per heavy atom. The highest BCUT2D eigenvalue weighted by Crippen LogP contribution is 2.27. The molecule has 0 amide bonds. The van der Waals surface area contributed by atoms with E-state index in [1.807, 2.05) is 29.8 Å². The Morgan fingerprint density at radius 2 is 2.00 bits per heavy atom. The van der Waals surface area contributed by atoms with E-state index in [0.29, 0.717) is 12.6 Å². The summed E-state index contributed by atoms with van der Waals surface area (Å²) in [5.74, 6) is 0. The van der Waals surface area contributed by atoms with Crippen molar-refractivity contribution in [1.82, 2.24) is 14.7 Å². The number of nitrogens with zero attached hydrogens (tertiary/aromatic N) is 3. The van der Waals surface area contributed by atoms with Crippen molar-refractivity contribution in [2.75, 3.05) is 13.2 Å². The van der Waals surface area contributed by atoms with Crippen LogP contribution in [0.5, 0.6) is 0 Å². The molecule has 0 spiro atoms. The topological polar surface area (TPSA) is 41.3 Å². The van der Waals surface area contributed by atoms with E-state index in [9.17, 15) is 5.11 Å². The minimum atomic E-state index is 0.251. The second-order valence-corrected chi connectivity index (χ2v) is 6.99. The molecule has 0 bridgehead atoms. The second-order valence-electron chi connectivity index (χ2n) is 6.63. The maximum atomic E-state index is 9.31. The van der Waals surface area contributed by atoms with Crippen LogP contribution in [-0.4, -0.2) is 39.0 Å². The normalized spacial score (nSPS) is 18.9. The van der Waals surface area contributed by atoms with Gasteiger partial charge in [0.2, 0.25) is 0 Å². The van der Waals surface area contributed by atoms with E-state index in [2.05, 4.69) is 22.1 Å².